The summed E-state index contributed by atoms with van der Waals surface area (Å²) in [7, 11) is 0. The average molecular weight is 283 g/mol. The minimum atomic E-state index is 0.111. The molecule has 1 aromatic carbocycles. The molecule has 0 fully saturated rings. The summed E-state index contributed by atoms with van der Waals surface area (Å²) in [6.45, 7) is 6.58. The summed E-state index contributed by atoms with van der Waals surface area (Å²) in [5, 5.41) is 3.30. The maximum Gasteiger partial charge on any atom is 0.0991 e. The Balaban J connectivity index is 1.90. The van der Waals surface area contributed by atoms with Gasteiger partial charge in [-0.2, -0.15) is 0 Å². The highest BCUT2D eigenvalue weighted by Gasteiger charge is 2.18. The van der Waals surface area contributed by atoms with Gasteiger partial charge in [0.05, 0.1) is 17.0 Å². The average Bonchev–Trinajstić information content (AvgIpc) is 3.10. The molecule has 0 spiro atoms. The maximum atomic E-state index is 4.74. The van der Waals surface area contributed by atoms with Crippen LogP contribution in [0, 0.1) is 0 Å². The van der Waals surface area contributed by atoms with E-state index in [9.17, 15) is 0 Å². The molecule has 0 saturated carbocycles. The molecular weight excluding hydrogens is 266 g/mol. The summed E-state index contributed by atoms with van der Waals surface area (Å²) in [4.78, 5) is 8.81. The van der Waals surface area contributed by atoms with Gasteiger partial charge >= 0.3 is 0 Å². The van der Waals surface area contributed by atoms with Crippen molar-refractivity contribution < 1.29 is 0 Å². The van der Waals surface area contributed by atoms with E-state index < -0.39 is 0 Å². The molecule has 3 rings (SSSR count). The molecule has 2 heterocycles. The standard InChI is InChI=1S/C16H17N3S/c1-16(2,3)15-18-14(10-20-15)12-4-6-13(7-5-12)19-9-8-17-11-19/h4-11H,1-3H3. The molecule has 0 amide bonds. The fourth-order valence-electron chi connectivity index (χ4n) is 1.97. The highest BCUT2D eigenvalue weighted by atomic mass is 32.1. The number of benzene rings is 1. The second kappa shape index (κ2) is 4.87. The van der Waals surface area contributed by atoms with Gasteiger partial charge in [0.2, 0.25) is 0 Å². The Morgan fingerprint density at radius 2 is 1.85 bits per heavy atom. The van der Waals surface area contributed by atoms with Gasteiger partial charge in [0.25, 0.3) is 0 Å². The molecule has 4 heteroatoms. The van der Waals surface area contributed by atoms with E-state index in [0.29, 0.717) is 0 Å². The molecular formula is C16H17N3S. The van der Waals surface area contributed by atoms with Gasteiger partial charge in [-0.3, -0.25) is 0 Å². The molecule has 20 heavy (non-hydrogen) atoms. The van der Waals surface area contributed by atoms with Crippen molar-refractivity contribution in [1.29, 1.82) is 0 Å². The smallest absolute Gasteiger partial charge is 0.0991 e. The molecule has 0 aliphatic carbocycles. The number of aromatic nitrogens is 3. The van der Waals surface area contributed by atoms with Crippen molar-refractivity contribution in [2.45, 2.75) is 26.2 Å². The zero-order valence-electron chi connectivity index (χ0n) is 11.9. The predicted octanol–water partition coefficient (Wildman–Crippen LogP) is 4.29. The molecule has 0 atom stereocenters. The molecule has 0 N–H and O–H groups in total. The first-order chi connectivity index (χ1) is 9.54. The second-order valence-electron chi connectivity index (χ2n) is 5.80. The van der Waals surface area contributed by atoms with Crippen molar-refractivity contribution in [3.63, 3.8) is 0 Å². The van der Waals surface area contributed by atoms with Gasteiger partial charge in [0.15, 0.2) is 0 Å². The Kier molecular flexibility index (Phi) is 3.18. The first-order valence-electron chi connectivity index (χ1n) is 6.59. The highest BCUT2D eigenvalue weighted by molar-refractivity contribution is 7.10. The zero-order valence-corrected chi connectivity index (χ0v) is 12.7. The van der Waals surface area contributed by atoms with Gasteiger partial charge in [-0.05, 0) is 12.1 Å². The van der Waals surface area contributed by atoms with Crippen LogP contribution in [0.5, 0.6) is 0 Å². The van der Waals surface area contributed by atoms with Crippen LogP contribution in [0.25, 0.3) is 16.9 Å². The third kappa shape index (κ3) is 2.51. The van der Waals surface area contributed by atoms with E-state index in [1.165, 1.54) is 5.01 Å². The molecule has 0 radical (unpaired) electrons. The minimum Gasteiger partial charge on any atom is -0.306 e. The first kappa shape index (κ1) is 13.1. The van der Waals surface area contributed by atoms with E-state index >= 15 is 0 Å². The Labute approximate surface area is 123 Å². The van der Waals surface area contributed by atoms with E-state index in [4.69, 9.17) is 4.98 Å². The van der Waals surface area contributed by atoms with E-state index in [1.807, 2.05) is 10.8 Å². The van der Waals surface area contributed by atoms with Crippen molar-refractivity contribution in [2.75, 3.05) is 0 Å². The van der Waals surface area contributed by atoms with Crippen molar-refractivity contribution in [2.24, 2.45) is 0 Å². The Bertz CT molecular complexity index is 688. The fourth-order valence-corrected chi connectivity index (χ4v) is 2.88. The summed E-state index contributed by atoms with van der Waals surface area (Å²) < 4.78 is 1.99. The van der Waals surface area contributed by atoms with Crippen LogP contribution >= 0.6 is 11.3 Å². The molecule has 0 bridgehead atoms. The lowest BCUT2D eigenvalue weighted by atomic mass is 9.98. The highest BCUT2D eigenvalue weighted by Crippen LogP contribution is 2.30. The van der Waals surface area contributed by atoms with E-state index in [-0.39, 0.29) is 5.41 Å². The zero-order chi connectivity index (χ0) is 14.2. The lowest BCUT2D eigenvalue weighted by Gasteiger charge is -2.13. The summed E-state index contributed by atoms with van der Waals surface area (Å²) in [5.41, 5.74) is 3.43. The van der Waals surface area contributed by atoms with E-state index in [2.05, 4.69) is 55.4 Å². The molecule has 2 aromatic heterocycles. The largest absolute Gasteiger partial charge is 0.306 e. The Morgan fingerprint density at radius 3 is 2.40 bits per heavy atom. The number of nitrogens with zero attached hydrogens (tertiary/aromatic N) is 3. The quantitative estimate of drug-likeness (QED) is 0.702. The molecule has 0 saturated heterocycles. The molecule has 0 unspecified atom stereocenters. The van der Waals surface area contributed by atoms with Crippen LogP contribution in [0.1, 0.15) is 25.8 Å². The van der Waals surface area contributed by atoms with E-state index in [0.717, 1.165) is 16.9 Å². The number of thiazole rings is 1. The second-order valence-corrected chi connectivity index (χ2v) is 6.66. The number of rotatable bonds is 2. The SMILES string of the molecule is CC(C)(C)c1nc(-c2ccc(-n3ccnc3)cc2)cs1. The Hall–Kier alpha value is -1.94. The van der Waals surface area contributed by atoms with E-state index in [1.54, 1.807) is 23.9 Å². The Morgan fingerprint density at radius 1 is 1.10 bits per heavy atom. The van der Waals surface area contributed by atoms with Crippen molar-refractivity contribution >= 4 is 11.3 Å². The molecule has 0 aliphatic rings. The van der Waals surface area contributed by atoms with Gasteiger partial charge in [0, 0.05) is 34.4 Å². The lowest BCUT2D eigenvalue weighted by Crippen LogP contribution is -2.10. The number of hydrogen-bond donors (Lipinski definition) is 0. The van der Waals surface area contributed by atoms with Crippen LogP contribution in [0.4, 0.5) is 0 Å². The predicted molar refractivity (Wildman–Crippen MR) is 83.4 cm³/mol. The van der Waals surface area contributed by atoms with Gasteiger partial charge < -0.3 is 4.57 Å². The molecule has 0 aliphatic heterocycles. The fraction of sp³-hybridized carbons (Fsp3) is 0.250. The van der Waals surface area contributed by atoms with Crippen LogP contribution in [0.3, 0.4) is 0 Å². The monoisotopic (exact) mass is 283 g/mol. The summed E-state index contributed by atoms with van der Waals surface area (Å²) >= 11 is 1.73. The van der Waals surface area contributed by atoms with Crippen LogP contribution in [-0.4, -0.2) is 14.5 Å². The van der Waals surface area contributed by atoms with Crippen molar-refractivity contribution in [3.8, 4) is 16.9 Å². The maximum absolute atomic E-state index is 4.74. The first-order valence-corrected chi connectivity index (χ1v) is 7.47. The summed E-state index contributed by atoms with van der Waals surface area (Å²) in [6, 6.07) is 8.40. The van der Waals surface area contributed by atoms with Crippen molar-refractivity contribution in [1.82, 2.24) is 14.5 Å². The van der Waals surface area contributed by atoms with Gasteiger partial charge in [0.1, 0.15) is 0 Å². The molecule has 102 valence electrons. The topological polar surface area (TPSA) is 30.7 Å². The normalized spacial score (nSPS) is 11.8. The molecule has 3 nitrogen and oxygen atoms in total. The van der Waals surface area contributed by atoms with Crippen LogP contribution in [0.2, 0.25) is 0 Å². The van der Waals surface area contributed by atoms with Gasteiger partial charge in [-0.25, -0.2) is 9.97 Å². The van der Waals surface area contributed by atoms with Gasteiger partial charge in [-0.15, -0.1) is 11.3 Å². The minimum absolute atomic E-state index is 0.111. The number of imidazole rings is 1. The third-order valence-electron chi connectivity index (χ3n) is 3.11. The van der Waals surface area contributed by atoms with Crippen LogP contribution in [-0.2, 0) is 5.41 Å². The number of hydrogen-bond acceptors (Lipinski definition) is 3. The summed E-state index contributed by atoms with van der Waals surface area (Å²) in [5.74, 6) is 0. The van der Waals surface area contributed by atoms with Gasteiger partial charge in [-0.1, -0.05) is 32.9 Å². The lowest BCUT2D eigenvalue weighted by molar-refractivity contribution is 0.586. The third-order valence-corrected chi connectivity index (χ3v) is 4.38. The van der Waals surface area contributed by atoms with Crippen molar-refractivity contribution in [3.05, 3.63) is 53.4 Å². The summed E-state index contributed by atoms with van der Waals surface area (Å²) in [6.07, 6.45) is 5.52. The van der Waals surface area contributed by atoms with Crippen LogP contribution in [0.15, 0.2) is 48.4 Å². The van der Waals surface area contributed by atoms with Crippen LogP contribution < -0.4 is 0 Å². The molecule has 3 aromatic rings.